The Bertz CT molecular complexity index is 1150. The molecule has 3 heterocycles. The van der Waals surface area contributed by atoms with Crippen molar-refractivity contribution in [1.29, 1.82) is 0 Å². The molecular formula is C30H38BrClN2O6. The smallest absolute Gasteiger partial charge is 0.312 e. The highest BCUT2D eigenvalue weighted by atomic mass is 79.9. The van der Waals surface area contributed by atoms with Crippen LogP contribution in [0.1, 0.15) is 39.5 Å². The lowest BCUT2D eigenvalue weighted by Gasteiger charge is -2.40. The van der Waals surface area contributed by atoms with Crippen molar-refractivity contribution >= 4 is 51.0 Å². The molecule has 2 amide bonds. The highest BCUT2D eigenvalue weighted by molar-refractivity contribution is 9.09. The van der Waals surface area contributed by atoms with Gasteiger partial charge in [0, 0.05) is 11.4 Å². The van der Waals surface area contributed by atoms with Gasteiger partial charge in [0.1, 0.15) is 11.6 Å². The van der Waals surface area contributed by atoms with Crippen LogP contribution in [-0.4, -0.2) is 76.2 Å². The summed E-state index contributed by atoms with van der Waals surface area (Å²) in [5.74, 6) is -2.92. The zero-order valence-corrected chi connectivity index (χ0v) is 25.4. The first-order chi connectivity index (χ1) is 19.1. The van der Waals surface area contributed by atoms with Gasteiger partial charge in [0.25, 0.3) is 5.91 Å². The number of likely N-dealkylation sites (tertiary alicyclic amines) is 1. The third-order valence-corrected chi connectivity index (χ3v) is 9.26. The van der Waals surface area contributed by atoms with Crippen LogP contribution < -0.4 is 4.90 Å². The van der Waals surface area contributed by atoms with Crippen LogP contribution in [-0.2, 0) is 23.9 Å². The number of fused-ring (bicyclic) bond motifs is 1. The Morgan fingerprint density at radius 1 is 1.32 bits per heavy atom. The zero-order valence-electron chi connectivity index (χ0n) is 23.0. The number of hydrogen-bond donors (Lipinski definition) is 1. The minimum atomic E-state index is -1.27. The maximum atomic E-state index is 14.6. The van der Waals surface area contributed by atoms with Crippen LogP contribution in [0.5, 0.6) is 0 Å². The topological polar surface area (TPSA) is 96.4 Å². The first-order valence-corrected chi connectivity index (χ1v) is 15.1. The summed E-state index contributed by atoms with van der Waals surface area (Å²) in [6, 6.07) is 5.26. The van der Waals surface area contributed by atoms with Crippen molar-refractivity contribution in [2.24, 2.45) is 17.8 Å². The number of hydrogen-bond acceptors (Lipinski definition) is 6. The molecule has 7 atom stereocenters. The Morgan fingerprint density at radius 3 is 2.67 bits per heavy atom. The largest absolute Gasteiger partial charge is 0.465 e. The molecule has 1 spiro atoms. The van der Waals surface area contributed by atoms with Gasteiger partial charge in [-0.3, -0.25) is 14.4 Å². The summed E-state index contributed by atoms with van der Waals surface area (Å²) in [4.78, 5) is 45.1. The molecule has 0 radical (unpaired) electrons. The van der Waals surface area contributed by atoms with Crippen LogP contribution in [0.3, 0.4) is 0 Å². The number of esters is 1. The summed E-state index contributed by atoms with van der Waals surface area (Å²) >= 11 is 10.2. The number of aliphatic hydroxyl groups excluding tert-OH is 1. The van der Waals surface area contributed by atoms with E-state index in [4.69, 9.17) is 21.1 Å². The first-order valence-electron chi connectivity index (χ1n) is 13.8. The van der Waals surface area contributed by atoms with E-state index in [-0.39, 0.29) is 36.4 Å². The second-order valence-corrected chi connectivity index (χ2v) is 12.7. The highest BCUT2D eigenvalue weighted by Crippen LogP contribution is 2.61. The number of rotatable bonds is 13. The van der Waals surface area contributed by atoms with Crippen molar-refractivity contribution in [3.8, 4) is 0 Å². The second-order valence-electron chi connectivity index (χ2n) is 11.2. The summed E-state index contributed by atoms with van der Waals surface area (Å²) in [6.45, 7) is 11.5. The van der Waals surface area contributed by atoms with Gasteiger partial charge in [-0.25, -0.2) is 0 Å². The van der Waals surface area contributed by atoms with E-state index in [1.807, 2.05) is 13.8 Å². The predicted octanol–water partition coefficient (Wildman–Crippen LogP) is 4.52. The normalized spacial score (nSPS) is 29.4. The van der Waals surface area contributed by atoms with Gasteiger partial charge in [0.15, 0.2) is 0 Å². The van der Waals surface area contributed by atoms with Crippen LogP contribution in [0.15, 0.2) is 49.6 Å². The Hall–Kier alpha value is -2.20. The van der Waals surface area contributed by atoms with Crippen LogP contribution in [0.4, 0.5) is 5.69 Å². The number of ether oxygens (including phenoxy) is 2. The molecular weight excluding hydrogens is 600 g/mol. The van der Waals surface area contributed by atoms with Crippen molar-refractivity contribution in [2.75, 3.05) is 24.7 Å². The van der Waals surface area contributed by atoms with Gasteiger partial charge in [-0.2, -0.15) is 0 Å². The quantitative estimate of drug-likeness (QED) is 0.148. The third-order valence-electron chi connectivity index (χ3n) is 8.10. The number of para-hydroxylation sites is 1. The molecule has 218 valence electrons. The first kappa shape index (κ1) is 30.8. The van der Waals surface area contributed by atoms with E-state index in [0.717, 1.165) is 0 Å². The number of allylic oxidation sites excluding steroid dienone is 1. The predicted molar refractivity (Wildman–Crippen MR) is 157 cm³/mol. The van der Waals surface area contributed by atoms with E-state index in [9.17, 15) is 19.5 Å². The standard InChI is InChI=1S/C30H38BrClN2O6/c1-5-7-10-14-39-29(38)23-24-27(36)34(19(17-35)15-18(3)4)26(30(24)16-20(31)25(23)40-30)28(37)33(13-6-2)22-12-9-8-11-21(22)32/h5-6,8-9,11-12,18-20,23-26,35H,1-2,7,10,13-17H2,3-4H3/t19-,20?,23-,24+,25-,26?,30?/m1/s1. The number of aliphatic hydroxyl groups is 1. The second kappa shape index (κ2) is 12.8. The number of amides is 2. The molecule has 10 heteroatoms. The van der Waals surface area contributed by atoms with Crippen molar-refractivity contribution < 1.29 is 29.0 Å². The molecule has 1 aromatic carbocycles. The van der Waals surface area contributed by atoms with E-state index >= 15 is 0 Å². The van der Waals surface area contributed by atoms with E-state index in [0.29, 0.717) is 36.4 Å². The van der Waals surface area contributed by atoms with E-state index in [2.05, 4.69) is 29.1 Å². The maximum absolute atomic E-state index is 14.6. The molecule has 3 unspecified atom stereocenters. The number of anilines is 1. The number of alkyl halides is 1. The number of unbranched alkanes of at least 4 members (excludes halogenated alkanes) is 1. The lowest BCUT2D eigenvalue weighted by atomic mass is 9.70. The van der Waals surface area contributed by atoms with Crippen LogP contribution >= 0.6 is 27.5 Å². The van der Waals surface area contributed by atoms with Crippen LogP contribution in [0.25, 0.3) is 0 Å². The fourth-order valence-electron chi connectivity index (χ4n) is 6.58. The van der Waals surface area contributed by atoms with Gasteiger partial charge >= 0.3 is 5.97 Å². The van der Waals surface area contributed by atoms with E-state index in [1.54, 1.807) is 36.4 Å². The molecule has 2 bridgehead atoms. The van der Waals surface area contributed by atoms with Gasteiger partial charge in [0.05, 0.1) is 47.9 Å². The van der Waals surface area contributed by atoms with Crippen molar-refractivity contribution in [3.05, 3.63) is 54.6 Å². The average Bonchev–Trinajstić information content (AvgIpc) is 3.51. The lowest BCUT2D eigenvalue weighted by molar-refractivity contribution is -0.155. The molecule has 3 aliphatic heterocycles. The molecule has 3 aliphatic rings. The third kappa shape index (κ3) is 5.38. The van der Waals surface area contributed by atoms with Crippen molar-refractivity contribution in [3.63, 3.8) is 0 Å². The summed E-state index contributed by atoms with van der Waals surface area (Å²) in [6.07, 6.45) is 4.88. The Morgan fingerprint density at radius 2 is 2.05 bits per heavy atom. The number of nitrogens with zero attached hydrogens (tertiary/aromatic N) is 2. The van der Waals surface area contributed by atoms with Crippen LogP contribution in [0.2, 0.25) is 5.02 Å². The molecule has 40 heavy (non-hydrogen) atoms. The van der Waals surface area contributed by atoms with E-state index < -0.39 is 47.5 Å². The van der Waals surface area contributed by atoms with Crippen LogP contribution in [0, 0.1) is 17.8 Å². The fraction of sp³-hybridized carbons (Fsp3) is 0.567. The molecule has 0 saturated carbocycles. The van der Waals surface area contributed by atoms with Gasteiger partial charge in [0.2, 0.25) is 5.91 Å². The molecule has 4 rings (SSSR count). The molecule has 0 aromatic heterocycles. The summed E-state index contributed by atoms with van der Waals surface area (Å²) in [5, 5.41) is 10.8. The Balaban J connectivity index is 1.80. The Labute approximate surface area is 249 Å². The number of benzene rings is 1. The van der Waals surface area contributed by atoms with Crippen molar-refractivity contribution in [1.82, 2.24) is 4.90 Å². The fourth-order valence-corrected chi connectivity index (χ4v) is 7.76. The minimum absolute atomic E-state index is 0.137. The van der Waals surface area contributed by atoms with Crippen molar-refractivity contribution in [2.45, 2.75) is 68.1 Å². The molecule has 3 saturated heterocycles. The summed E-state index contributed by atoms with van der Waals surface area (Å²) in [5.41, 5.74) is -0.796. The lowest BCUT2D eigenvalue weighted by Crippen LogP contribution is -2.59. The molecule has 8 nitrogen and oxygen atoms in total. The molecule has 1 aromatic rings. The number of halogens is 2. The van der Waals surface area contributed by atoms with E-state index in [1.165, 1.54) is 9.80 Å². The molecule has 0 aliphatic carbocycles. The molecule has 3 fully saturated rings. The highest BCUT2D eigenvalue weighted by Gasteiger charge is 2.77. The molecule has 1 N–H and O–H groups in total. The zero-order chi connectivity index (χ0) is 29.2. The van der Waals surface area contributed by atoms with Gasteiger partial charge in [-0.1, -0.05) is 65.7 Å². The minimum Gasteiger partial charge on any atom is -0.465 e. The summed E-state index contributed by atoms with van der Waals surface area (Å²) in [7, 11) is 0. The number of carbonyl (C=O) groups is 3. The Kier molecular flexibility index (Phi) is 9.81. The monoisotopic (exact) mass is 636 g/mol. The SMILES string of the molecule is C=CCCCOC(=O)[C@H]1[C@@H]2OC3(CC2Br)C(C(=O)N(CC=C)c2ccccc2Cl)N([C@@H](CO)CC(C)C)C(=O)[C@H]13. The van der Waals surface area contributed by atoms with Gasteiger partial charge in [-0.15, -0.1) is 13.2 Å². The summed E-state index contributed by atoms with van der Waals surface area (Å²) < 4.78 is 12.2. The van der Waals surface area contributed by atoms with Gasteiger partial charge < -0.3 is 24.4 Å². The average molecular weight is 638 g/mol. The van der Waals surface area contributed by atoms with Gasteiger partial charge in [-0.05, 0) is 43.7 Å². The number of carbonyl (C=O) groups excluding carboxylic acids is 3. The maximum Gasteiger partial charge on any atom is 0.312 e.